The first-order valence-electron chi connectivity index (χ1n) is 5.52. The highest BCUT2D eigenvalue weighted by atomic mass is 16.2. The molecular formula is C12H16N2O2. The molecule has 4 heteroatoms. The van der Waals surface area contributed by atoms with Gasteiger partial charge in [0.2, 0.25) is 5.56 Å². The van der Waals surface area contributed by atoms with E-state index in [1.54, 1.807) is 18.0 Å². The first-order valence-corrected chi connectivity index (χ1v) is 5.52. The molecule has 1 heterocycles. The smallest absolute Gasteiger partial charge is 0.255 e. The van der Waals surface area contributed by atoms with Crippen molar-refractivity contribution in [2.75, 3.05) is 13.6 Å². The number of hydrogen-bond donors (Lipinski definition) is 1. The molecule has 1 amide bonds. The molecule has 2 rings (SSSR count). The van der Waals surface area contributed by atoms with Crippen LogP contribution >= 0.6 is 0 Å². The molecule has 0 radical (unpaired) electrons. The predicted octanol–water partition coefficient (Wildman–Crippen LogP) is 1.10. The van der Waals surface area contributed by atoms with Gasteiger partial charge < -0.3 is 9.88 Å². The minimum absolute atomic E-state index is 0.0321. The van der Waals surface area contributed by atoms with Crippen molar-refractivity contribution in [3.05, 3.63) is 34.2 Å². The zero-order chi connectivity index (χ0) is 11.7. The summed E-state index contributed by atoms with van der Waals surface area (Å²) in [5.74, 6) is 1.36. The largest absolute Gasteiger partial charge is 0.341 e. The first kappa shape index (κ1) is 10.9. The molecule has 1 N–H and O–H groups in total. The number of aromatic nitrogens is 1. The number of carbonyl (C=O) groups is 1. The van der Waals surface area contributed by atoms with Gasteiger partial charge in [0.25, 0.3) is 5.91 Å². The molecule has 1 saturated carbocycles. The molecule has 1 aromatic heterocycles. The molecule has 0 bridgehead atoms. The Hall–Kier alpha value is -1.58. The van der Waals surface area contributed by atoms with E-state index in [2.05, 4.69) is 11.9 Å². The molecule has 16 heavy (non-hydrogen) atoms. The van der Waals surface area contributed by atoms with E-state index in [1.165, 1.54) is 18.7 Å². The van der Waals surface area contributed by atoms with E-state index in [0.717, 1.165) is 12.5 Å². The van der Waals surface area contributed by atoms with Crippen LogP contribution in [0.5, 0.6) is 0 Å². The molecule has 0 spiro atoms. The van der Waals surface area contributed by atoms with Crippen LogP contribution in [0.3, 0.4) is 0 Å². The minimum atomic E-state index is -0.185. The van der Waals surface area contributed by atoms with Gasteiger partial charge in [0.05, 0.1) is 5.56 Å². The molecule has 86 valence electrons. The predicted molar refractivity (Wildman–Crippen MR) is 61.3 cm³/mol. The van der Waals surface area contributed by atoms with Crippen LogP contribution in [-0.4, -0.2) is 29.4 Å². The number of rotatable bonds is 3. The van der Waals surface area contributed by atoms with E-state index in [-0.39, 0.29) is 11.5 Å². The van der Waals surface area contributed by atoms with Crippen LogP contribution in [0.1, 0.15) is 23.7 Å². The van der Waals surface area contributed by atoms with Crippen LogP contribution in [0.25, 0.3) is 0 Å². The van der Waals surface area contributed by atoms with Gasteiger partial charge in [-0.2, -0.15) is 0 Å². The second kappa shape index (κ2) is 4.12. The number of carbonyl (C=O) groups excluding carboxylic acids is 1. The molecular weight excluding hydrogens is 204 g/mol. The standard InChI is InChI=1S/C12H16N2O2/c1-8-5-10(8)7-14(2)12(16)9-3-4-11(15)13-6-9/h3-4,6,8,10H,5,7H2,1-2H3,(H,13,15). The fraction of sp³-hybridized carbons (Fsp3) is 0.500. The average Bonchev–Trinajstić information content (AvgIpc) is 2.94. The van der Waals surface area contributed by atoms with Gasteiger partial charge in [-0.1, -0.05) is 6.92 Å². The molecule has 1 fully saturated rings. The van der Waals surface area contributed by atoms with Crippen molar-refractivity contribution in [2.45, 2.75) is 13.3 Å². The Morgan fingerprint density at radius 2 is 2.25 bits per heavy atom. The van der Waals surface area contributed by atoms with Crippen LogP contribution in [0, 0.1) is 11.8 Å². The van der Waals surface area contributed by atoms with E-state index in [0.29, 0.717) is 11.5 Å². The zero-order valence-electron chi connectivity index (χ0n) is 9.56. The van der Waals surface area contributed by atoms with Gasteiger partial charge in [0.1, 0.15) is 0 Å². The number of H-pyrrole nitrogens is 1. The molecule has 4 nitrogen and oxygen atoms in total. The highest BCUT2D eigenvalue weighted by molar-refractivity contribution is 5.93. The van der Waals surface area contributed by atoms with E-state index in [9.17, 15) is 9.59 Å². The molecule has 0 aliphatic heterocycles. The fourth-order valence-corrected chi connectivity index (χ4v) is 1.85. The summed E-state index contributed by atoms with van der Waals surface area (Å²) in [6.45, 7) is 3.00. The van der Waals surface area contributed by atoms with Crippen LogP contribution in [0.2, 0.25) is 0 Å². The number of nitrogens with one attached hydrogen (secondary N) is 1. The van der Waals surface area contributed by atoms with Crippen LogP contribution < -0.4 is 5.56 Å². The highest BCUT2D eigenvalue weighted by Crippen LogP contribution is 2.38. The van der Waals surface area contributed by atoms with Gasteiger partial charge in [-0.15, -0.1) is 0 Å². The average molecular weight is 220 g/mol. The lowest BCUT2D eigenvalue weighted by atomic mass is 10.2. The summed E-state index contributed by atoms with van der Waals surface area (Å²) < 4.78 is 0. The Labute approximate surface area is 94.3 Å². The van der Waals surface area contributed by atoms with Crippen molar-refractivity contribution in [3.8, 4) is 0 Å². The second-order valence-electron chi connectivity index (χ2n) is 4.60. The Balaban J connectivity index is 2.00. The molecule has 0 aromatic carbocycles. The lowest BCUT2D eigenvalue weighted by Crippen LogP contribution is -2.29. The third-order valence-corrected chi connectivity index (χ3v) is 3.16. The number of aromatic amines is 1. The van der Waals surface area contributed by atoms with E-state index < -0.39 is 0 Å². The minimum Gasteiger partial charge on any atom is -0.341 e. The SMILES string of the molecule is CC1CC1CN(C)C(=O)c1ccc(=O)[nH]c1. The lowest BCUT2D eigenvalue weighted by Gasteiger charge is -2.16. The second-order valence-corrected chi connectivity index (χ2v) is 4.60. The molecule has 1 aliphatic carbocycles. The quantitative estimate of drug-likeness (QED) is 0.829. The van der Waals surface area contributed by atoms with Crippen molar-refractivity contribution in [3.63, 3.8) is 0 Å². The van der Waals surface area contributed by atoms with Gasteiger partial charge in [-0.25, -0.2) is 0 Å². The summed E-state index contributed by atoms with van der Waals surface area (Å²) in [6, 6.07) is 2.94. The summed E-state index contributed by atoms with van der Waals surface area (Å²) in [6.07, 6.45) is 2.68. The first-order chi connectivity index (χ1) is 7.58. The van der Waals surface area contributed by atoms with Crippen LogP contribution in [0.4, 0.5) is 0 Å². The number of hydrogen-bond acceptors (Lipinski definition) is 2. The van der Waals surface area contributed by atoms with E-state index >= 15 is 0 Å². The Morgan fingerprint density at radius 3 is 2.75 bits per heavy atom. The third kappa shape index (κ3) is 2.32. The van der Waals surface area contributed by atoms with Gasteiger partial charge in [-0.3, -0.25) is 9.59 Å². The van der Waals surface area contributed by atoms with Gasteiger partial charge in [0.15, 0.2) is 0 Å². The Morgan fingerprint density at radius 1 is 1.56 bits per heavy atom. The fourth-order valence-electron chi connectivity index (χ4n) is 1.85. The monoisotopic (exact) mass is 220 g/mol. The third-order valence-electron chi connectivity index (χ3n) is 3.16. The maximum absolute atomic E-state index is 11.9. The molecule has 1 aromatic rings. The number of nitrogens with zero attached hydrogens (tertiary/aromatic N) is 1. The normalized spacial score (nSPS) is 22.9. The Bertz CT molecular complexity index is 432. The summed E-state index contributed by atoms with van der Waals surface area (Å²) in [4.78, 5) is 27.0. The maximum Gasteiger partial charge on any atom is 0.255 e. The maximum atomic E-state index is 11.9. The molecule has 2 unspecified atom stereocenters. The van der Waals surface area contributed by atoms with Crippen molar-refractivity contribution < 1.29 is 4.79 Å². The highest BCUT2D eigenvalue weighted by Gasteiger charge is 2.34. The lowest BCUT2D eigenvalue weighted by molar-refractivity contribution is 0.0786. The van der Waals surface area contributed by atoms with Crippen LogP contribution in [-0.2, 0) is 0 Å². The number of pyridine rings is 1. The zero-order valence-corrected chi connectivity index (χ0v) is 9.56. The topological polar surface area (TPSA) is 53.2 Å². The summed E-state index contributed by atoms with van der Waals surface area (Å²) in [5, 5.41) is 0. The summed E-state index contributed by atoms with van der Waals surface area (Å²) in [7, 11) is 1.80. The summed E-state index contributed by atoms with van der Waals surface area (Å²) >= 11 is 0. The van der Waals surface area contributed by atoms with E-state index in [1.807, 2.05) is 0 Å². The molecule has 1 aliphatic rings. The molecule has 2 atom stereocenters. The molecule has 0 saturated heterocycles. The van der Waals surface area contributed by atoms with Gasteiger partial charge in [-0.05, 0) is 24.3 Å². The van der Waals surface area contributed by atoms with Gasteiger partial charge >= 0.3 is 0 Å². The van der Waals surface area contributed by atoms with Crippen molar-refractivity contribution >= 4 is 5.91 Å². The van der Waals surface area contributed by atoms with Gasteiger partial charge in [0, 0.05) is 25.9 Å². The van der Waals surface area contributed by atoms with Crippen LogP contribution in [0.15, 0.2) is 23.1 Å². The van der Waals surface area contributed by atoms with Crippen molar-refractivity contribution in [1.82, 2.24) is 9.88 Å². The Kier molecular flexibility index (Phi) is 2.81. The van der Waals surface area contributed by atoms with Crippen molar-refractivity contribution in [1.29, 1.82) is 0 Å². The summed E-state index contributed by atoms with van der Waals surface area (Å²) in [5.41, 5.74) is 0.352. The van der Waals surface area contributed by atoms with E-state index in [4.69, 9.17) is 0 Å². The van der Waals surface area contributed by atoms with Crippen molar-refractivity contribution in [2.24, 2.45) is 11.8 Å². The number of amides is 1.